The molecule has 0 bridgehead atoms. The highest BCUT2D eigenvalue weighted by Gasteiger charge is 2.26. The molecular formula is C27H27FN8O2. The van der Waals surface area contributed by atoms with Gasteiger partial charge in [0, 0.05) is 48.7 Å². The summed E-state index contributed by atoms with van der Waals surface area (Å²) in [6.45, 7) is 5.16. The summed E-state index contributed by atoms with van der Waals surface area (Å²) in [5.41, 5.74) is 3.34. The molecule has 4 heterocycles. The zero-order chi connectivity index (χ0) is 26.5. The summed E-state index contributed by atoms with van der Waals surface area (Å²) in [7, 11) is 1.55. The van der Waals surface area contributed by atoms with Crippen LogP contribution in [0.4, 0.5) is 27.5 Å². The van der Waals surface area contributed by atoms with Gasteiger partial charge in [-0.05, 0) is 30.3 Å². The Balaban J connectivity index is 1.38. The Kier molecular flexibility index (Phi) is 7.36. The van der Waals surface area contributed by atoms with Crippen molar-refractivity contribution in [3.05, 3.63) is 67.5 Å². The standard InChI is InChI=1S/C27H27FN8O2/c1-3-24(37)32-18-9-11-29-22(13-18)20-6-4-5-17-14-30-27(35-25(17)20)33-21-7-8-23(34-26(21)38-2)31-19-15-36(16-19)12-10-28/h3-9,11,13-14,19H,1,10,12,15-16H2,2H3,(H,31,34)(H,29,32,37)(H,30,33,35). The highest BCUT2D eigenvalue weighted by molar-refractivity contribution is 5.99. The van der Waals surface area contributed by atoms with Crippen molar-refractivity contribution in [1.82, 2.24) is 24.8 Å². The lowest BCUT2D eigenvalue weighted by atomic mass is 10.1. The van der Waals surface area contributed by atoms with E-state index in [1.807, 2.05) is 35.2 Å². The summed E-state index contributed by atoms with van der Waals surface area (Å²) in [4.78, 5) is 32.0. The topological polar surface area (TPSA) is 117 Å². The number of ether oxygens (including phenoxy) is 1. The second-order valence-electron chi connectivity index (χ2n) is 8.73. The average molecular weight is 515 g/mol. The number of nitrogens with one attached hydrogen (secondary N) is 3. The first-order valence-electron chi connectivity index (χ1n) is 12.1. The van der Waals surface area contributed by atoms with Gasteiger partial charge >= 0.3 is 0 Å². The number of rotatable bonds is 10. The molecule has 11 heteroatoms. The Morgan fingerprint density at radius 1 is 1.21 bits per heavy atom. The second-order valence-corrected chi connectivity index (χ2v) is 8.73. The minimum atomic E-state index is -0.339. The van der Waals surface area contributed by atoms with E-state index < -0.39 is 0 Å². The highest BCUT2D eigenvalue weighted by atomic mass is 19.1. The molecule has 1 fully saturated rings. The molecule has 38 heavy (non-hydrogen) atoms. The first-order chi connectivity index (χ1) is 18.6. The molecule has 4 aromatic rings. The number of carbonyl (C=O) groups is 1. The van der Waals surface area contributed by atoms with Gasteiger partial charge in [0.05, 0.1) is 24.4 Å². The number of fused-ring (bicyclic) bond motifs is 1. The molecule has 194 valence electrons. The van der Waals surface area contributed by atoms with E-state index in [0.29, 0.717) is 46.8 Å². The number of alkyl halides is 1. The molecule has 0 atom stereocenters. The van der Waals surface area contributed by atoms with Crippen LogP contribution >= 0.6 is 0 Å². The summed E-state index contributed by atoms with van der Waals surface area (Å²) in [5, 5.41) is 10.1. The number of hydrogen-bond acceptors (Lipinski definition) is 9. The van der Waals surface area contributed by atoms with Gasteiger partial charge in [-0.1, -0.05) is 24.8 Å². The molecule has 0 spiro atoms. The van der Waals surface area contributed by atoms with Crippen LogP contribution in [0.15, 0.2) is 67.5 Å². The van der Waals surface area contributed by atoms with Crippen molar-refractivity contribution in [2.75, 3.05) is 49.4 Å². The number of benzene rings is 1. The van der Waals surface area contributed by atoms with Gasteiger partial charge < -0.3 is 20.7 Å². The number of pyridine rings is 2. The summed E-state index contributed by atoms with van der Waals surface area (Å²) in [5.74, 6) is 1.12. The van der Waals surface area contributed by atoms with E-state index in [0.717, 1.165) is 24.0 Å². The van der Waals surface area contributed by atoms with Crippen molar-refractivity contribution in [3.8, 4) is 17.1 Å². The van der Waals surface area contributed by atoms with E-state index >= 15 is 0 Å². The van der Waals surface area contributed by atoms with Crippen LogP contribution in [0.3, 0.4) is 0 Å². The van der Waals surface area contributed by atoms with E-state index in [4.69, 9.17) is 9.72 Å². The Labute approximate surface area is 219 Å². The fourth-order valence-corrected chi connectivity index (χ4v) is 4.24. The Morgan fingerprint density at radius 3 is 2.87 bits per heavy atom. The molecule has 3 aromatic heterocycles. The van der Waals surface area contributed by atoms with Crippen LogP contribution < -0.4 is 20.7 Å². The van der Waals surface area contributed by atoms with Crippen molar-refractivity contribution in [2.45, 2.75) is 6.04 Å². The van der Waals surface area contributed by atoms with E-state index in [-0.39, 0.29) is 18.6 Å². The molecule has 10 nitrogen and oxygen atoms in total. The van der Waals surface area contributed by atoms with Gasteiger partial charge in [-0.25, -0.2) is 14.4 Å². The molecule has 1 amide bonds. The molecule has 0 unspecified atom stereocenters. The van der Waals surface area contributed by atoms with E-state index in [1.54, 1.807) is 31.6 Å². The predicted octanol–water partition coefficient (Wildman–Crippen LogP) is 4.03. The first kappa shape index (κ1) is 25.0. The quantitative estimate of drug-likeness (QED) is 0.270. The van der Waals surface area contributed by atoms with Gasteiger partial charge in [-0.2, -0.15) is 4.98 Å². The summed E-state index contributed by atoms with van der Waals surface area (Å²) in [6, 6.07) is 13.1. The molecule has 3 N–H and O–H groups in total. The summed E-state index contributed by atoms with van der Waals surface area (Å²) < 4.78 is 18.0. The molecule has 0 saturated carbocycles. The molecule has 1 aromatic carbocycles. The maximum absolute atomic E-state index is 12.5. The van der Waals surface area contributed by atoms with Gasteiger partial charge in [0.15, 0.2) is 0 Å². The van der Waals surface area contributed by atoms with Crippen molar-refractivity contribution in [1.29, 1.82) is 0 Å². The zero-order valence-electron chi connectivity index (χ0n) is 20.8. The Bertz CT molecular complexity index is 1470. The van der Waals surface area contributed by atoms with Crippen molar-refractivity contribution in [3.63, 3.8) is 0 Å². The van der Waals surface area contributed by atoms with Crippen LogP contribution in [0.25, 0.3) is 22.2 Å². The van der Waals surface area contributed by atoms with Gasteiger partial charge in [-0.15, -0.1) is 0 Å². The molecule has 1 aliphatic rings. The van der Waals surface area contributed by atoms with Crippen LogP contribution in [0.5, 0.6) is 5.88 Å². The number of halogens is 1. The van der Waals surface area contributed by atoms with Crippen LogP contribution in [0.2, 0.25) is 0 Å². The van der Waals surface area contributed by atoms with Crippen molar-refractivity contribution in [2.24, 2.45) is 0 Å². The second kappa shape index (κ2) is 11.2. The predicted molar refractivity (Wildman–Crippen MR) is 145 cm³/mol. The smallest absolute Gasteiger partial charge is 0.247 e. The summed E-state index contributed by atoms with van der Waals surface area (Å²) in [6.07, 6.45) is 4.57. The molecule has 1 saturated heterocycles. The number of anilines is 4. The number of methoxy groups -OCH3 is 1. The lowest BCUT2D eigenvalue weighted by Gasteiger charge is -2.39. The van der Waals surface area contributed by atoms with Gasteiger partial charge in [0.1, 0.15) is 18.2 Å². The summed E-state index contributed by atoms with van der Waals surface area (Å²) >= 11 is 0. The van der Waals surface area contributed by atoms with E-state index in [9.17, 15) is 9.18 Å². The molecule has 1 aliphatic heterocycles. The van der Waals surface area contributed by atoms with Gasteiger partial charge in [-0.3, -0.25) is 14.7 Å². The fraction of sp³-hybridized carbons (Fsp3) is 0.222. The average Bonchev–Trinajstić information content (AvgIpc) is 2.92. The lowest BCUT2D eigenvalue weighted by molar-refractivity contribution is -0.111. The van der Waals surface area contributed by atoms with E-state index in [2.05, 4.69) is 37.5 Å². The number of aromatic nitrogens is 4. The monoisotopic (exact) mass is 514 g/mol. The van der Waals surface area contributed by atoms with E-state index in [1.165, 1.54) is 6.08 Å². The Hall–Kier alpha value is -4.64. The first-order valence-corrected chi connectivity index (χ1v) is 12.1. The third kappa shape index (κ3) is 5.52. The maximum atomic E-state index is 12.5. The molecule has 0 aliphatic carbocycles. The minimum Gasteiger partial charge on any atom is -0.479 e. The largest absolute Gasteiger partial charge is 0.479 e. The van der Waals surface area contributed by atoms with Crippen LogP contribution in [-0.2, 0) is 4.79 Å². The zero-order valence-corrected chi connectivity index (χ0v) is 20.8. The normalized spacial score (nSPS) is 13.5. The highest BCUT2D eigenvalue weighted by Crippen LogP contribution is 2.30. The number of likely N-dealkylation sites (tertiary alicyclic amines) is 1. The molecule has 5 rings (SSSR count). The van der Waals surface area contributed by atoms with Crippen LogP contribution in [0, 0.1) is 0 Å². The Morgan fingerprint density at radius 2 is 2.08 bits per heavy atom. The number of hydrogen-bond donors (Lipinski definition) is 3. The SMILES string of the molecule is C=CC(=O)Nc1ccnc(-c2cccc3cnc(Nc4ccc(NC5CN(CCF)C5)nc4OC)nc23)c1. The number of nitrogens with zero attached hydrogens (tertiary/aromatic N) is 5. The van der Waals surface area contributed by atoms with Crippen molar-refractivity contribution < 1.29 is 13.9 Å². The third-order valence-corrected chi connectivity index (χ3v) is 6.11. The minimum absolute atomic E-state index is 0.219. The van der Waals surface area contributed by atoms with Crippen LogP contribution in [-0.4, -0.2) is 70.2 Å². The number of amides is 1. The number of para-hydroxylation sites is 1. The molecule has 0 radical (unpaired) electrons. The van der Waals surface area contributed by atoms with Crippen molar-refractivity contribution >= 4 is 40.0 Å². The van der Waals surface area contributed by atoms with Crippen LogP contribution in [0.1, 0.15) is 0 Å². The van der Waals surface area contributed by atoms with Gasteiger partial charge in [0.2, 0.25) is 17.7 Å². The maximum Gasteiger partial charge on any atom is 0.247 e. The fourth-order valence-electron chi connectivity index (χ4n) is 4.24. The lowest BCUT2D eigenvalue weighted by Crippen LogP contribution is -2.55. The molecular weight excluding hydrogens is 487 g/mol. The third-order valence-electron chi connectivity index (χ3n) is 6.11. The number of carbonyl (C=O) groups excluding carboxylic acids is 1. The van der Waals surface area contributed by atoms with Gasteiger partial charge in [0.25, 0.3) is 0 Å².